The molecule has 1 heterocycles. The maximum absolute atomic E-state index is 12.6. The Bertz CT molecular complexity index is 722. The van der Waals surface area contributed by atoms with E-state index in [1.54, 1.807) is 33.0 Å². The summed E-state index contributed by atoms with van der Waals surface area (Å²) in [5.74, 6) is 0.146. The quantitative estimate of drug-likeness (QED) is 0.491. The second kappa shape index (κ2) is 7.59. The number of ether oxygens (including phenoxy) is 2. The summed E-state index contributed by atoms with van der Waals surface area (Å²) in [6.07, 6.45) is 2.75. The molecule has 0 aliphatic heterocycles. The molecule has 0 radical (unpaired) electrons. The number of carbonyl (C=O) groups excluding carboxylic acids is 1. The Kier molecular flexibility index (Phi) is 5.52. The van der Waals surface area contributed by atoms with Gasteiger partial charge in [-0.25, -0.2) is 9.79 Å². The van der Waals surface area contributed by atoms with Gasteiger partial charge in [0.05, 0.1) is 0 Å². The fraction of sp³-hybridized carbons (Fsp3) is 0.278. The van der Waals surface area contributed by atoms with Gasteiger partial charge in [-0.15, -0.1) is 4.98 Å². The van der Waals surface area contributed by atoms with Gasteiger partial charge in [-0.1, -0.05) is 30.3 Å². The first-order chi connectivity index (χ1) is 11.4. The van der Waals surface area contributed by atoms with Gasteiger partial charge in [-0.2, -0.15) is 0 Å². The van der Waals surface area contributed by atoms with E-state index in [2.05, 4.69) is 9.98 Å². The van der Waals surface area contributed by atoms with Gasteiger partial charge >= 0.3 is 5.97 Å². The van der Waals surface area contributed by atoms with Crippen LogP contribution in [0.2, 0.25) is 0 Å². The fourth-order valence-corrected chi connectivity index (χ4v) is 2.01. The van der Waals surface area contributed by atoms with Crippen molar-refractivity contribution < 1.29 is 19.3 Å². The highest BCUT2D eigenvalue weighted by molar-refractivity contribution is 5.96. The zero-order valence-electron chi connectivity index (χ0n) is 14.1. The minimum absolute atomic E-state index is 0.213. The summed E-state index contributed by atoms with van der Waals surface area (Å²) >= 11 is 0. The lowest BCUT2D eigenvalue weighted by atomic mass is 10.1. The summed E-state index contributed by atoms with van der Waals surface area (Å²) in [5, 5.41) is 0. The van der Waals surface area contributed by atoms with E-state index in [9.17, 15) is 4.79 Å². The molecular weight excluding hydrogens is 306 g/mol. The van der Waals surface area contributed by atoms with Crippen molar-refractivity contribution in [2.75, 3.05) is 0 Å². The van der Waals surface area contributed by atoms with Gasteiger partial charge in [0.25, 0.3) is 5.82 Å². The second-order valence-corrected chi connectivity index (χ2v) is 6.12. The van der Waals surface area contributed by atoms with Gasteiger partial charge < -0.3 is 15.2 Å². The number of pyridine rings is 1. The molecule has 6 heteroatoms. The lowest BCUT2D eigenvalue weighted by molar-refractivity contribution is -0.354. The molecule has 2 rings (SSSR count). The smallest absolute Gasteiger partial charge is 0.349 e. The average Bonchev–Trinajstić information content (AvgIpc) is 2.52. The van der Waals surface area contributed by atoms with Crippen molar-refractivity contribution in [1.82, 2.24) is 4.98 Å². The van der Waals surface area contributed by atoms with Crippen molar-refractivity contribution in [2.24, 2.45) is 5.73 Å². The molecule has 2 aromatic rings. The number of nitrogens with one attached hydrogen (secondary N) is 1. The highest BCUT2D eigenvalue weighted by atomic mass is 16.6. The predicted octanol–water partition coefficient (Wildman–Crippen LogP) is 1.31. The van der Waals surface area contributed by atoms with Gasteiger partial charge in [-0.3, -0.25) is 0 Å². The lowest BCUT2D eigenvalue weighted by Crippen LogP contribution is -2.65. The predicted molar refractivity (Wildman–Crippen MR) is 91.1 cm³/mol. The maximum Gasteiger partial charge on any atom is 0.349 e. The van der Waals surface area contributed by atoms with Crippen LogP contribution >= 0.6 is 0 Å². The van der Waals surface area contributed by atoms with E-state index in [1.807, 2.05) is 30.3 Å². The first-order valence-electron chi connectivity index (χ1n) is 7.60. The van der Waals surface area contributed by atoms with Crippen LogP contribution < -0.4 is 15.5 Å². The third kappa shape index (κ3) is 4.81. The van der Waals surface area contributed by atoms with Gasteiger partial charge in [0, 0.05) is 6.07 Å². The molecule has 0 aliphatic carbocycles. The molecule has 0 amide bonds. The van der Waals surface area contributed by atoms with Crippen LogP contribution in [0.5, 0.6) is 5.75 Å². The van der Waals surface area contributed by atoms with E-state index in [1.165, 1.54) is 6.34 Å². The third-order valence-electron chi connectivity index (χ3n) is 2.97. The average molecular weight is 328 g/mol. The van der Waals surface area contributed by atoms with E-state index in [-0.39, 0.29) is 11.4 Å². The Labute approximate surface area is 141 Å². The van der Waals surface area contributed by atoms with Gasteiger partial charge in [-0.05, 0) is 26.3 Å². The summed E-state index contributed by atoms with van der Waals surface area (Å²) in [5.41, 5.74) is 5.97. The van der Waals surface area contributed by atoms with Crippen molar-refractivity contribution in [1.29, 1.82) is 0 Å². The Balaban J connectivity index is 2.32. The van der Waals surface area contributed by atoms with Crippen LogP contribution in [-0.4, -0.2) is 22.9 Å². The first-order valence-corrected chi connectivity index (χ1v) is 7.60. The summed E-state index contributed by atoms with van der Waals surface area (Å²) in [6.45, 7) is 5.72. The number of carbonyl (C=O) groups is 1. The van der Waals surface area contributed by atoms with Gasteiger partial charge in [0.2, 0.25) is 0 Å². The SMILES string of the molecule is CC(C)(C)OC(=O)c1c(OCc2ccccc2)ccnc1[NH+]=CN. The Morgan fingerprint density at radius 1 is 1.25 bits per heavy atom. The number of benzene rings is 1. The van der Waals surface area contributed by atoms with Crippen molar-refractivity contribution in [2.45, 2.75) is 33.0 Å². The molecular formula is C18H22N3O3+. The first kappa shape index (κ1) is 17.5. The number of aromatic nitrogens is 1. The van der Waals surface area contributed by atoms with E-state index < -0.39 is 11.6 Å². The number of esters is 1. The molecule has 6 nitrogen and oxygen atoms in total. The standard InChI is InChI=1S/C18H21N3O3/c1-18(2,3)24-17(22)15-14(9-10-20-16(15)21-12-19)23-11-13-7-5-4-6-8-13/h4-10,12H,11H2,1-3H3,(H2,19,20,21)/p+1. The third-order valence-corrected chi connectivity index (χ3v) is 2.97. The van der Waals surface area contributed by atoms with Crippen molar-refractivity contribution in [3.63, 3.8) is 0 Å². The topological polar surface area (TPSA) is 88.4 Å². The van der Waals surface area contributed by atoms with E-state index in [4.69, 9.17) is 15.2 Å². The molecule has 1 aromatic heterocycles. The highest BCUT2D eigenvalue weighted by Crippen LogP contribution is 2.25. The van der Waals surface area contributed by atoms with Crippen molar-refractivity contribution >= 4 is 18.1 Å². The largest absolute Gasteiger partial charge is 0.488 e. The Morgan fingerprint density at radius 3 is 2.58 bits per heavy atom. The zero-order chi connectivity index (χ0) is 17.6. The van der Waals surface area contributed by atoms with Gasteiger partial charge in [0.15, 0.2) is 11.9 Å². The molecule has 0 saturated carbocycles. The van der Waals surface area contributed by atoms with Crippen LogP contribution in [0.3, 0.4) is 0 Å². The van der Waals surface area contributed by atoms with E-state index in [0.29, 0.717) is 12.4 Å². The summed E-state index contributed by atoms with van der Waals surface area (Å²) < 4.78 is 11.3. The molecule has 0 aliphatic rings. The molecule has 0 spiro atoms. The highest BCUT2D eigenvalue weighted by Gasteiger charge is 2.27. The molecule has 1 aromatic carbocycles. The van der Waals surface area contributed by atoms with Crippen LogP contribution in [0, 0.1) is 0 Å². The molecule has 0 unspecified atom stereocenters. The monoisotopic (exact) mass is 328 g/mol. The molecule has 0 bridgehead atoms. The number of nitrogens with zero attached hydrogens (tertiary/aromatic N) is 1. The van der Waals surface area contributed by atoms with Crippen LogP contribution in [-0.2, 0) is 11.3 Å². The van der Waals surface area contributed by atoms with Crippen molar-refractivity contribution in [3.05, 3.63) is 53.7 Å². The molecule has 0 atom stereocenters. The van der Waals surface area contributed by atoms with Crippen molar-refractivity contribution in [3.8, 4) is 5.75 Å². The number of hydrogen-bond acceptors (Lipinski definition) is 4. The summed E-state index contributed by atoms with van der Waals surface area (Å²) in [6, 6.07) is 11.3. The van der Waals surface area contributed by atoms with Crippen LogP contribution in [0.25, 0.3) is 0 Å². The lowest BCUT2D eigenvalue weighted by Gasteiger charge is -2.20. The Morgan fingerprint density at radius 2 is 1.96 bits per heavy atom. The number of nitrogens with two attached hydrogens (primary N) is 1. The number of rotatable bonds is 5. The van der Waals surface area contributed by atoms with E-state index >= 15 is 0 Å². The Hall–Kier alpha value is -2.89. The van der Waals surface area contributed by atoms with Crippen LogP contribution in [0.4, 0.5) is 5.82 Å². The number of hydrogen-bond donors (Lipinski definition) is 2. The molecule has 3 N–H and O–H groups in total. The summed E-state index contributed by atoms with van der Waals surface area (Å²) in [4.78, 5) is 19.4. The van der Waals surface area contributed by atoms with Crippen LogP contribution in [0.15, 0.2) is 42.6 Å². The van der Waals surface area contributed by atoms with Crippen LogP contribution in [0.1, 0.15) is 36.7 Å². The fourth-order valence-electron chi connectivity index (χ4n) is 2.01. The normalized spacial score (nSPS) is 11.5. The second-order valence-electron chi connectivity index (χ2n) is 6.12. The zero-order valence-corrected chi connectivity index (χ0v) is 14.1. The molecule has 126 valence electrons. The van der Waals surface area contributed by atoms with Gasteiger partial charge in [0.1, 0.15) is 24.2 Å². The maximum atomic E-state index is 12.6. The molecule has 0 saturated heterocycles. The molecule has 24 heavy (non-hydrogen) atoms. The van der Waals surface area contributed by atoms with E-state index in [0.717, 1.165) is 5.56 Å². The molecule has 0 fully saturated rings. The summed E-state index contributed by atoms with van der Waals surface area (Å²) in [7, 11) is 0. The minimum Gasteiger partial charge on any atom is -0.488 e. The minimum atomic E-state index is -0.632.